The van der Waals surface area contributed by atoms with Crippen molar-refractivity contribution in [3.8, 4) is 0 Å². The van der Waals surface area contributed by atoms with Crippen LogP contribution < -0.4 is 32.3 Å². The number of amides is 2. The molecule has 188 valence electrons. The molecule has 2 rings (SSSR count). The van der Waals surface area contributed by atoms with Gasteiger partial charge in [-0.25, -0.2) is 0 Å². The predicted octanol–water partition coefficient (Wildman–Crippen LogP) is -2.48. The zero-order valence-electron chi connectivity index (χ0n) is 19.1. The summed E-state index contributed by atoms with van der Waals surface area (Å²) < 4.78 is 0. The van der Waals surface area contributed by atoms with Crippen molar-refractivity contribution in [1.29, 1.82) is 0 Å². The predicted molar refractivity (Wildman–Crippen MR) is 119 cm³/mol. The van der Waals surface area contributed by atoms with Crippen LogP contribution >= 0.6 is 0 Å². The molecule has 0 aliphatic carbocycles. The molecule has 2 fully saturated rings. The maximum absolute atomic E-state index is 12.4. The van der Waals surface area contributed by atoms with Crippen molar-refractivity contribution in [3.05, 3.63) is 0 Å². The second-order valence-electron chi connectivity index (χ2n) is 8.77. The largest absolute Gasteiger partial charge is 0.481 e. The van der Waals surface area contributed by atoms with Crippen LogP contribution in [0.5, 0.6) is 0 Å². The Balaban J connectivity index is 1.92. The topological polar surface area (TPSA) is 198 Å². The van der Waals surface area contributed by atoms with Gasteiger partial charge in [-0.05, 0) is 19.8 Å². The third-order valence-corrected chi connectivity index (χ3v) is 5.85. The van der Waals surface area contributed by atoms with Gasteiger partial charge in [0.05, 0.1) is 6.17 Å². The SMILES string of the molecule is CC1(NC(=O)CCCC(=O)O)CNCCNCC2(NC(=O)CCCC(=O)O)C(N)N2CCN1. The van der Waals surface area contributed by atoms with Gasteiger partial charge in [0.15, 0.2) is 0 Å². The van der Waals surface area contributed by atoms with Crippen LogP contribution in [0.3, 0.4) is 0 Å². The van der Waals surface area contributed by atoms with Gasteiger partial charge < -0.3 is 37.2 Å². The van der Waals surface area contributed by atoms with E-state index >= 15 is 0 Å². The van der Waals surface area contributed by atoms with E-state index in [2.05, 4.69) is 26.6 Å². The number of hydrogen-bond acceptors (Lipinski definition) is 9. The second-order valence-corrected chi connectivity index (χ2v) is 8.77. The minimum Gasteiger partial charge on any atom is -0.481 e. The fraction of sp³-hybridized carbons (Fsp3) is 0.800. The number of aliphatic carboxylic acids is 2. The van der Waals surface area contributed by atoms with E-state index < -0.39 is 23.3 Å². The first-order valence-electron chi connectivity index (χ1n) is 11.3. The smallest absolute Gasteiger partial charge is 0.303 e. The molecule has 2 heterocycles. The molecule has 0 bridgehead atoms. The summed E-state index contributed by atoms with van der Waals surface area (Å²) >= 11 is 0. The van der Waals surface area contributed by atoms with Crippen molar-refractivity contribution in [2.45, 2.75) is 62.9 Å². The maximum Gasteiger partial charge on any atom is 0.303 e. The van der Waals surface area contributed by atoms with Crippen LogP contribution in [0.4, 0.5) is 0 Å². The molecule has 0 saturated carbocycles. The van der Waals surface area contributed by atoms with Gasteiger partial charge in [0.2, 0.25) is 11.8 Å². The minimum atomic E-state index is -0.936. The molecule has 0 aromatic rings. The Morgan fingerprint density at radius 2 is 1.45 bits per heavy atom. The highest BCUT2D eigenvalue weighted by atomic mass is 16.4. The van der Waals surface area contributed by atoms with Gasteiger partial charge in [-0.2, -0.15) is 0 Å². The number of carboxylic acid groups (broad SMARTS) is 2. The standard InChI is InChI=1S/C20H37N7O6/c1-19(25-14(28)4-2-6-16(30)31)12-22-8-9-23-13-20(18(21)27(20)11-10-24-19)26-15(29)5-3-7-17(32)33/h18,22-24H,2-13,21H2,1H3,(H,25,28)(H,26,29)(H,30,31)(H,32,33). The number of carbonyl (C=O) groups excluding carboxylic acids is 2. The van der Waals surface area contributed by atoms with Gasteiger partial charge in [0, 0.05) is 65.0 Å². The van der Waals surface area contributed by atoms with Gasteiger partial charge in [0.1, 0.15) is 11.3 Å². The number of fused-ring (bicyclic) bond motifs is 1. The van der Waals surface area contributed by atoms with Crippen LogP contribution in [-0.2, 0) is 19.2 Å². The molecule has 2 amide bonds. The molecule has 2 aliphatic rings. The Bertz CT molecular complexity index is 723. The van der Waals surface area contributed by atoms with Crippen molar-refractivity contribution in [2.24, 2.45) is 5.73 Å². The van der Waals surface area contributed by atoms with Crippen LogP contribution in [0, 0.1) is 0 Å². The molecular formula is C20H37N7O6. The molecule has 13 heteroatoms. The number of rotatable bonds is 10. The molecule has 2 aliphatic heterocycles. The molecule has 13 nitrogen and oxygen atoms in total. The van der Waals surface area contributed by atoms with Gasteiger partial charge in [0.25, 0.3) is 0 Å². The van der Waals surface area contributed by atoms with E-state index in [4.69, 9.17) is 15.9 Å². The summed E-state index contributed by atoms with van der Waals surface area (Å²) in [6.07, 6.45) is 0.255. The van der Waals surface area contributed by atoms with Crippen LogP contribution in [0.25, 0.3) is 0 Å². The molecule has 33 heavy (non-hydrogen) atoms. The van der Waals surface area contributed by atoms with Gasteiger partial charge in [-0.15, -0.1) is 0 Å². The molecule has 0 spiro atoms. The van der Waals surface area contributed by atoms with Crippen molar-refractivity contribution < 1.29 is 29.4 Å². The lowest BCUT2D eigenvalue weighted by Crippen LogP contribution is -2.63. The normalized spacial score (nSPS) is 30.1. The average molecular weight is 472 g/mol. The van der Waals surface area contributed by atoms with E-state index in [1.807, 2.05) is 11.8 Å². The molecule has 9 N–H and O–H groups in total. The number of carboxylic acids is 2. The highest BCUT2D eigenvalue weighted by Gasteiger charge is 2.61. The lowest BCUT2D eigenvalue weighted by atomic mass is 10.1. The monoisotopic (exact) mass is 471 g/mol. The summed E-state index contributed by atoms with van der Waals surface area (Å²) in [4.78, 5) is 48.0. The van der Waals surface area contributed by atoms with Crippen molar-refractivity contribution in [1.82, 2.24) is 31.5 Å². The van der Waals surface area contributed by atoms with E-state index in [-0.39, 0.29) is 56.5 Å². The summed E-state index contributed by atoms with van der Waals surface area (Å²) in [5.74, 6) is -2.34. The summed E-state index contributed by atoms with van der Waals surface area (Å²) in [7, 11) is 0. The van der Waals surface area contributed by atoms with Crippen molar-refractivity contribution >= 4 is 23.8 Å². The molecule has 2 saturated heterocycles. The van der Waals surface area contributed by atoms with Crippen LogP contribution in [-0.4, -0.2) is 95.6 Å². The zero-order chi connectivity index (χ0) is 24.5. The Morgan fingerprint density at radius 3 is 2.03 bits per heavy atom. The second kappa shape index (κ2) is 12.2. The number of hydrogen-bond donors (Lipinski definition) is 8. The molecule has 0 aromatic heterocycles. The number of nitrogens with zero attached hydrogens (tertiary/aromatic N) is 1. The van der Waals surface area contributed by atoms with Crippen molar-refractivity contribution in [2.75, 3.05) is 39.3 Å². The summed E-state index contributed by atoms with van der Waals surface area (Å²) in [6.45, 7) is 5.01. The van der Waals surface area contributed by atoms with E-state index in [1.54, 1.807) is 0 Å². The lowest BCUT2D eigenvalue weighted by molar-refractivity contribution is -0.138. The summed E-state index contributed by atoms with van der Waals surface area (Å²) in [6, 6.07) is 0. The maximum atomic E-state index is 12.4. The Kier molecular flexibility index (Phi) is 9.98. The molecule has 4 unspecified atom stereocenters. The average Bonchev–Trinajstić information content (AvgIpc) is 3.24. The van der Waals surface area contributed by atoms with E-state index in [9.17, 15) is 19.2 Å². The summed E-state index contributed by atoms with van der Waals surface area (Å²) in [5, 5.41) is 33.3. The third kappa shape index (κ3) is 8.51. The van der Waals surface area contributed by atoms with Crippen LogP contribution in [0.2, 0.25) is 0 Å². The van der Waals surface area contributed by atoms with Crippen molar-refractivity contribution in [3.63, 3.8) is 0 Å². The van der Waals surface area contributed by atoms with Gasteiger partial charge in [-0.3, -0.25) is 29.4 Å². The quantitative estimate of drug-likeness (QED) is 0.157. The highest BCUT2D eigenvalue weighted by molar-refractivity contribution is 5.78. The van der Waals surface area contributed by atoms with E-state index in [0.717, 1.165) is 0 Å². The number of nitrogens with one attached hydrogen (secondary N) is 5. The van der Waals surface area contributed by atoms with Crippen LogP contribution in [0.1, 0.15) is 45.4 Å². The molecule has 0 aromatic carbocycles. The molecule has 4 atom stereocenters. The fourth-order valence-electron chi connectivity index (χ4n) is 4.02. The minimum absolute atomic E-state index is 0.0571. The van der Waals surface area contributed by atoms with E-state index in [0.29, 0.717) is 39.3 Å². The molecular weight excluding hydrogens is 434 g/mol. The Morgan fingerprint density at radius 1 is 0.909 bits per heavy atom. The van der Waals surface area contributed by atoms with Gasteiger partial charge >= 0.3 is 11.9 Å². The first-order valence-corrected chi connectivity index (χ1v) is 11.3. The Hall–Kier alpha value is -2.32. The molecule has 0 radical (unpaired) electrons. The number of carbonyl (C=O) groups is 4. The van der Waals surface area contributed by atoms with Gasteiger partial charge in [-0.1, -0.05) is 0 Å². The third-order valence-electron chi connectivity index (χ3n) is 5.85. The summed E-state index contributed by atoms with van der Waals surface area (Å²) in [5.41, 5.74) is 4.81. The lowest BCUT2D eigenvalue weighted by Gasteiger charge is -2.33. The first kappa shape index (κ1) is 26.9. The first-order chi connectivity index (χ1) is 15.6. The van der Waals surface area contributed by atoms with E-state index in [1.165, 1.54) is 0 Å². The Labute approximate surface area is 193 Å². The highest BCUT2D eigenvalue weighted by Crippen LogP contribution is 2.34. The number of nitrogens with two attached hydrogens (primary N) is 1. The zero-order valence-corrected chi connectivity index (χ0v) is 19.1. The fourth-order valence-corrected chi connectivity index (χ4v) is 4.02. The van der Waals surface area contributed by atoms with Crippen LogP contribution in [0.15, 0.2) is 0 Å².